The number of carbonyl (C=O) groups excluding carboxylic acids is 1. The number of amides is 1. The molecule has 0 radical (unpaired) electrons. The van der Waals surface area contributed by atoms with Gasteiger partial charge in [-0.1, -0.05) is 0 Å². The first-order valence-electron chi connectivity index (χ1n) is 5.40. The molecule has 1 aromatic carbocycles. The standard InChI is InChI=1S/C12H14N4O/c1-2-14-12(17)10-5-4-9(13)8-11(10)16-7-3-6-15-16/h3-8H,2,13H2,1H3,(H,14,17). The van der Waals surface area contributed by atoms with Gasteiger partial charge in [-0.3, -0.25) is 4.79 Å². The fourth-order valence-electron chi connectivity index (χ4n) is 1.60. The lowest BCUT2D eigenvalue weighted by Crippen LogP contribution is -2.24. The van der Waals surface area contributed by atoms with E-state index < -0.39 is 0 Å². The van der Waals surface area contributed by atoms with Crippen LogP contribution in [0.25, 0.3) is 5.69 Å². The number of aromatic nitrogens is 2. The summed E-state index contributed by atoms with van der Waals surface area (Å²) in [7, 11) is 0. The van der Waals surface area contributed by atoms with Crippen molar-refractivity contribution in [2.45, 2.75) is 6.92 Å². The number of nitrogens with zero attached hydrogens (tertiary/aromatic N) is 2. The van der Waals surface area contributed by atoms with Crippen molar-refractivity contribution < 1.29 is 4.79 Å². The highest BCUT2D eigenvalue weighted by molar-refractivity contribution is 5.98. The average molecular weight is 230 g/mol. The van der Waals surface area contributed by atoms with Crippen LogP contribution in [0.3, 0.4) is 0 Å². The van der Waals surface area contributed by atoms with Gasteiger partial charge in [0.1, 0.15) is 0 Å². The van der Waals surface area contributed by atoms with Gasteiger partial charge >= 0.3 is 0 Å². The van der Waals surface area contributed by atoms with E-state index in [1.165, 1.54) is 0 Å². The molecular formula is C12H14N4O. The molecule has 0 fully saturated rings. The molecule has 0 aliphatic carbocycles. The zero-order valence-electron chi connectivity index (χ0n) is 9.55. The molecule has 5 heteroatoms. The first-order chi connectivity index (χ1) is 8.22. The molecule has 0 unspecified atom stereocenters. The normalized spacial score (nSPS) is 10.2. The molecule has 0 spiro atoms. The highest BCUT2D eigenvalue weighted by Crippen LogP contribution is 2.17. The first-order valence-corrected chi connectivity index (χ1v) is 5.40. The highest BCUT2D eigenvalue weighted by Gasteiger charge is 2.12. The first kappa shape index (κ1) is 11.2. The number of nitrogens with one attached hydrogen (secondary N) is 1. The summed E-state index contributed by atoms with van der Waals surface area (Å²) in [5, 5.41) is 6.87. The van der Waals surface area contributed by atoms with Crippen LogP contribution in [0.2, 0.25) is 0 Å². The van der Waals surface area contributed by atoms with E-state index in [2.05, 4.69) is 10.4 Å². The van der Waals surface area contributed by atoms with Crippen molar-refractivity contribution in [1.29, 1.82) is 0 Å². The molecule has 1 aromatic heterocycles. The number of nitrogen functional groups attached to an aromatic ring is 1. The van der Waals surface area contributed by atoms with Gasteiger partial charge in [0.05, 0.1) is 11.3 Å². The Kier molecular flexibility index (Phi) is 3.09. The van der Waals surface area contributed by atoms with Crippen molar-refractivity contribution in [1.82, 2.24) is 15.1 Å². The maximum absolute atomic E-state index is 11.9. The number of hydrogen-bond donors (Lipinski definition) is 2. The average Bonchev–Trinajstić information content (AvgIpc) is 2.82. The zero-order valence-corrected chi connectivity index (χ0v) is 9.55. The van der Waals surface area contributed by atoms with Crippen molar-refractivity contribution in [2.75, 3.05) is 12.3 Å². The summed E-state index contributed by atoms with van der Waals surface area (Å²) in [5.41, 5.74) is 7.58. The minimum Gasteiger partial charge on any atom is -0.399 e. The summed E-state index contributed by atoms with van der Waals surface area (Å²) in [5.74, 6) is -0.127. The molecule has 0 aliphatic heterocycles. The van der Waals surface area contributed by atoms with Crippen LogP contribution in [-0.4, -0.2) is 22.2 Å². The number of rotatable bonds is 3. The zero-order chi connectivity index (χ0) is 12.3. The lowest BCUT2D eigenvalue weighted by Gasteiger charge is -2.10. The summed E-state index contributed by atoms with van der Waals surface area (Å²) in [4.78, 5) is 11.9. The summed E-state index contributed by atoms with van der Waals surface area (Å²) >= 11 is 0. The van der Waals surface area contributed by atoms with Crippen molar-refractivity contribution in [3.8, 4) is 5.69 Å². The Bertz CT molecular complexity index is 519. The van der Waals surface area contributed by atoms with Gasteiger partial charge in [-0.05, 0) is 31.2 Å². The molecule has 0 atom stereocenters. The summed E-state index contributed by atoms with van der Waals surface area (Å²) in [6.07, 6.45) is 3.43. The lowest BCUT2D eigenvalue weighted by molar-refractivity contribution is 0.0955. The van der Waals surface area contributed by atoms with E-state index in [4.69, 9.17) is 5.73 Å². The third-order valence-corrected chi connectivity index (χ3v) is 2.35. The number of anilines is 1. The van der Waals surface area contributed by atoms with Crippen molar-refractivity contribution >= 4 is 11.6 Å². The van der Waals surface area contributed by atoms with Crippen LogP contribution in [0, 0.1) is 0 Å². The topological polar surface area (TPSA) is 72.9 Å². The second-order valence-corrected chi connectivity index (χ2v) is 3.59. The Balaban J connectivity index is 2.49. The maximum atomic E-state index is 11.9. The van der Waals surface area contributed by atoms with E-state index in [0.717, 1.165) is 0 Å². The number of benzene rings is 1. The van der Waals surface area contributed by atoms with Gasteiger partial charge in [0, 0.05) is 24.6 Å². The molecule has 5 nitrogen and oxygen atoms in total. The summed E-state index contributed by atoms with van der Waals surface area (Å²) in [6.45, 7) is 2.46. The van der Waals surface area contributed by atoms with Crippen LogP contribution in [-0.2, 0) is 0 Å². The van der Waals surface area contributed by atoms with Gasteiger partial charge in [-0.2, -0.15) is 5.10 Å². The Morgan fingerprint density at radius 1 is 1.53 bits per heavy atom. The molecule has 0 saturated carbocycles. The number of hydrogen-bond acceptors (Lipinski definition) is 3. The Labute approximate surface area is 99.2 Å². The second-order valence-electron chi connectivity index (χ2n) is 3.59. The van der Waals surface area contributed by atoms with Crippen LogP contribution in [0.15, 0.2) is 36.7 Å². The molecule has 17 heavy (non-hydrogen) atoms. The maximum Gasteiger partial charge on any atom is 0.253 e. The van der Waals surface area contributed by atoms with Crippen LogP contribution in [0.4, 0.5) is 5.69 Å². The van der Waals surface area contributed by atoms with Crippen LogP contribution in [0.5, 0.6) is 0 Å². The van der Waals surface area contributed by atoms with Crippen LogP contribution >= 0.6 is 0 Å². The molecule has 0 aliphatic rings. The molecule has 88 valence electrons. The van der Waals surface area contributed by atoms with Gasteiger partial charge in [0.25, 0.3) is 5.91 Å². The Hall–Kier alpha value is -2.30. The largest absolute Gasteiger partial charge is 0.399 e. The van der Waals surface area contributed by atoms with Gasteiger partial charge in [0.15, 0.2) is 0 Å². The van der Waals surface area contributed by atoms with E-state index in [1.54, 1.807) is 41.3 Å². The second kappa shape index (κ2) is 4.69. The Morgan fingerprint density at radius 2 is 2.35 bits per heavy atom. The smallest absolute Gasteiger partial charge is 0.253 e. The molecule has 1 heterocycles. The van der Waals surface area contributed by atoms with Gasteiger partial charge in [-0.15, -0.1) is 0 Å². The predicted octanol–water partition coefficient (Wildman–Crippen LogP) is 1.20. The fourth-order valence-corrected chi connectivity index (χ4v) is 1.60. The summed E-state index contributed by atoms with van der Waals surface area (Å²) in [6, 6.07) is 6.94. The number of carbonyl (C=O) groups is 1. The minimum absolute atomic E-state index is 0.127. The summed E-state index contributed by atoms with van der Waals surface area (Å²) < 4.78 is 1.63. The molecule has 2 aromatic rings. The fraction of sp³-hybridized carbons (Fsp3) is 0.167. The molecule has 1 amide bonds. The monoisotopic (exact) mass is 230 g/mol. The number of nitrogens with two attached hydrogens (primary N) is 1. The molecule has 0 bridgehead atoms. The Morgan fingerprint density at radius 3 is 3.00 bits per heavy atom. The lowest BCUT2D eigenvalue weighted by atomic mass is 10.1. The van der Waals surface area contributed by atoms with Crippen molar-refractivity contribution in [2.24, 2.45) is 0 Å². The van der Waals surface area contributed by atoms with E-state index in [-0.39, 0.29) is 5.91 Å². The predicted molar refractivity (Wildman–Crippen MR) is 66.0 cm³/mol. The van der Waals surface area contributed by atoms with Crippen molar-refractivity contribution in [3.63, 3.8) is 0 Å². The third-order valence-electron chi connectivity index (χ3n) is 2.35. The molecule has 3 N–H and O–H groups in total. The highest BCUT2D eigenvalue weighted by atomic mass is 16.1. The van der Waals surface area contributed by atoms with Gasteiger partial charge < -0.3 is 11.1 Å². The molecule has 0 saturated heterocycles. The van der Waals surface area contributed by atoms with E-state index in [1.807, 2.05) is 6.92 Å². The third kappa shape index (κ3) is 2.28. The molecular weight excluding hydrogens is 216 g/mol. The van der Waals surface area contributed by atoms with E-state index >= 15 is 0 Å². The van der Waals surface area contributed by atoms with E-state index in [0.29, 0.717) is 23.5 Å². The SMILES string of the molecule is CCNC(=O)c1ccc(N)cc1-n1cccn1. The van der Waals surface area contributed by atoms with Crippen molar-refractivity contribution in [3.05, 3.63) is 42.2 Å². The van der Waals surface area contributed by atoms with Crippen LogP contribution < -0.4 is 11.1 Å². The van der Waals surface area contributed by atoms with Gasteiger partial charge in [-0.25, -0.2) is 4.68 Å². The minimum atomic E-state index is -0.127. The molecule has 2 rings (SSSR count). The quantitative estimate of drug-likeness (QED) is 0.778. The van der Waals surface area contributed by atoms with Gasteiger partial charge in [0.2, 0.25) is 0 Å². The van der Waals surface area contributed by atoms with E-state index in [9.17, 15) is 4.79 Å². The van der Waals surface area contributed by atoms with Crippen LogP contribution in [0.1, 0.15) is 17.3 Å².